The molecule has 1 aromatic rings. The van der Waals surface area contributed by atoms with Crippen LogP contribution in [0.4, 0.5) is 0 Å². The molecule has 0 saturated carbocycles. The first kappa shape index (κ1) is 9.69. The van der Waals surface area contributed by atoms with E-state index >= 15 is 0 Å². The number of piperidine rings is 1. The van der Waals surface area contributed by atoms with Crippen LogP contribution in [0.15, 0.2) is 16.8 Å². The Morgan fingerprint density at radius 1 is 1.62 bits per heavy atom. The smallest absolute Gasteiger partial charge is 0.0273 e. The van der Waals surface area contributed by atoms with Crippen molar-refractivity contribution in [2.45, 2.75) is 24.2 Å². The number of rotatable bonds is 2. The number of hydrogen-bond acceptors (Lipinski definition) is 2. The van der Waals surface area contributed by atoms with Crippen LogP contribution in [0.25, 0.3) is 0 Å². The maximum Gasteiger partial charge on any atom is 0.0273 e. The summed E-state index contributed by atoms with van der Waals surface area (Å²) in [5, 5.41) is 4.41. The highest BCUT2D eigenvalue weighted by molar-refractivity contribution is 9.09. The zero-order valence-electron chi connectivity index (χ0n) is 7.58. The van der Waals surface area contributed by atoms with Crippen molar-refractivity contribution in [3.05, 3.63) is 22.4 Å². The van der Waals surface area contributed by atoms with Crippen molar-refractivity contribution in [1.82, 2.24) is 4.90 Å². The Kier molecular flexibility index (Phi) is 3.41. The number of likely N-dealkylation sites (tertiary alicyclic amines) is 1. The minimum atomic E-state index is 0.708. The largest absolute Gasteiger partial charge is 0.298 e. The Morgan fingerprint density at radius 2 is 2.54 bits per heavy atom. The van der Waals surface area contributed by atoms with Gasteiger partial charge in [-0.2, -0.15) is 11.3 Å². The fourth-order valence-electron chi connectivity index (χ4n) is 1.78. The SMILES string of the molecule is BrC1CCCN(Cc2ccsc2)C1. The molecule has 0 spiro atoms. The van der Waals surface area contributed by atoms with Crippen molar-refractivity contribution < 1.29 is 0 Å². The summed E-state index contributed by atoms with van der Waals surface area (Å²) in [6.07, 6.45) is 2.67. The monoisotopic (exact) mass is 259 g/mol. The topological polar surface area (TPSA) is 3.24 Å². The van der Waals surface area contributed by atoms with Crippen LogP contribution < -0.4 is 0 Å². The maximum absolute atomic E-state index is 3.69. The first-order valence-corrected chi connectivity index (χ1v) is 6.58. The molecule has 1 saturated heterocycles. The average Bonchev–Trinajstić information content (AvgIpc) is 2.57. The summed E-state index contributed by atoms with van der Waals surface area (Å²) in [6, 6.07) is 2.22. The standard InChI is InChI=1S/C10H14BrNS/c11-10-2-1-4-12(7-10)6-9-3-5-13-8-9/h3,5,8,10H,1-2,4,6-7H2. The molecule has 1 unspecified atom stereocenters. The van der Waals surface area contributed by atoms with Gasteiger partial charge in [-0.05, 0) is 41.8 Å². The molecular weight excluding hydrogens is 246 g/mol. The van der Waals surface area contributed by atoms with Crippen molar-refractivity contribution in [2.24, 2.45) is 0 Å². The number of nitrogens with zero attached hydrogens (tertiary/aromatic N) is 1. The van der Waals surface area contributed by atoms with Crippen LogP contribution in [-0.4, -0.2) is 22.8 Å². The molecule has 1 aromatic heterocycles. The van der Waals surface area contributed by atoms with E-state index in [1.165, 1.54) is 31.5 Å². The molecule has 72 valence electrons. The quantitative estimate of drug-likeness (QED) is 0.738. The number of halogens is 1. The van der Waals surface area contributed by atoms with Gasteiger partial charge < -0.3 is 0 Å². The van der Waals surface area contributed by atoms with Crippen molar-refractivity contribution in [2.75, 3.05) is 13.1 Å². The van der Waals surface area contributed by atoms with Crippen molar-refractivity contribution in [3.63, 3.8) is 0 Å². The van der Waals surface area contributed by atoms with E-state index < -0.39 is 0 Å². The highest BCUT2D eigenvalue weighted by Gasteiger charge is 2.17. The number of alkyl halides is 1. The second kappa shape index (κ2) is 4.58. The third-order valence-corrected chi connectivity index (χ3v) is 3.91. The fourth-order valence-corrected chi connectivity index (χ4v) is 3.18. The van der Waals surface area contributed by atoms with Gasteiger partial charge in [-0.25, -0.2) is 0 Å². The van der Waals surface area contributed by atoms with Crippen LogP contribution in [0.1, 0.15) is 18.4 Å². The van der Waals surface area contributed by atoms with Crippen molar-refractivity contribution in [1.29, 1.82) is 0 Å². The summed E-state index contributed by atoms with van der Waals surface area (Å²) in [5.41, 5.74) is 1.46. The lowest BCUT2D eigenvalue weighted by molar-refractivity contribution is 0.228. The van der Waals surface area contributed by atoms with Crippen LogP contribution in [0.5, 0.6) is 0 Å². The van der Waals surface area contributed by atoms with Crippen molar-refractivity contribution >= 4 is 27.3 Å². The molecule has 0 bridgehead atoms. The average molecular weight is 260 g/mol. The van der Waals surface area contributed by atoms with Gasteiger partial charge in [0.15, 0.2) is 0 Å². The minimum Gasteiger partial charge on any atom is -0.298 e. The van der Waals surface area contributed by atoms with E-state index in [0.29, 0.717) is 4.83 Å². The molecule has 0 aliphatic carbocycles. The van der Waals surface area contributed by atoms with E-state index in [4.69, 9.17) is 0 Å². The summed E-state index contributed by atoms with van der Waals surface area (Å²) in [6.45, 7) is 3.60. The second-order valence-corrected chi connectivity index (χ2v) is 5.68. The molecule has 1 aliphatic heterocycles. The van der Waals surface area contributed by atoms with E-state index in [0.717, 1.165) is 6.54 Å². The number of thiophene rings is 1. The first-order valence-electron chi connectivity index (χ1n) is 4.72. The predicted molar refractivity (Wildman–Crippen MR) is 61.5 cm³/mol. The minimum absolute atomic E-state index is 0.708. The molecule has 3 heteroatoms. The van der Waals surface area contributed by atoms with Crippen LogP contribution in [0.3, 0.4) is 0 Å². The zero-order valence-corrected chi connectivity index (χ0v) is 9.98. The second-order valence-electron chi connectivity index (χ2n) is 3.61. The Bertz CT molecular complexity index is 247. The first-order chi connectivity index (χ1) is 6.34. The van der Waals surface area contributed by atoms with Crippen molar-refractivity contribution in [3.8, 4) is 0 Å². The van der Waals surface area contributed by atoms with Gasteiger partial charge in [-0.3, -0.25) is 4.90 Å². The molecule has 0 radical (unpaired) electrons. The molecule has 1 aliphatic rings. The van der Waals surface area contributed by atoms with Crippen LogP contribution in [0, 0.1) is 0 Å². The van der Waals surface area contributed by atoms with E-state index in [1.807, 2.05) is 0 Å². The molecular formula is C10H14BrNS. The summed E-state index contributed by atoms with van der Waals surface area (Å²) in [7, 11) is 0. The maximum atomic E-state index is 3.69. The normalized spacial score (nSPS) is 24.8. The molecule has 2 heterocycles. The third-order valence-electron chi connectivity index (χ3n) is 2.43. The summed E-state index contributed by atoms with van der Waals surface area (Å²) >= 11 is 5.48. The Labute approximate surface area is 91.9 Å². The highest BCUT2D eigenvalue weighted by atomic mass is 79.9. The molecule has 0 amide bonds. The van der Waals surface area contributed by atoms with E-state index in [1.54, 1.807) is 11.3 Å². The molecule has 1 fully saturated rings. The molecule has 1 nitrogen and oxygen atoms in total. The van der Waals surface area contributed by atoms with Gasteiger partial charge in [0.05, 0.1) is 0 Å². The van der Waals surface area contributed by atoms with Gasteiger partial charge in [0, 0.05) is 17.9 Å². The lowest BCUT2D eigenvalue weighted by Crippen LogP contribution is -2.34. The summed E-state index contributed by atoms with van der Waals surface area (Å²) in [5.74, 6) is 0. The van der Waals surface area contributed by atoms with E-state index in [-0.39, 0.29) is 0 Å². The molecule has 0 N–H and O–H groups in total. The molecule has 2 rings (SSSR count). The molecule has 13 heavy (non-hydrogen) atoms. The Hall–Kier alpha value is 0.140. The Balaban J connectivity index is 1.87. The number of hydrogen-bond donors (Lipinski definition) is 0. The lowest BCUT2D eigenvalue weighted by Gasteiger charge is -2.29. The van der Waals surface area contributed by atoms with E-state index in [2.05, 4.69) is 37.7 Å². The molecule has 1 atom stereocenters. The predicted octanol–water partition coefficient (Wildman–Crippen LogP) is 3.11. The van der Waals surface area contributed by atoms with Gasteiger partial charge in [-0.1, -0.05) is 15.9 Å². The van der Waals surface area contributed by atoms with Gasteiger partial charge >= 0.3 is 0 Å². The third kappa shape index (κ3) is 2.79. The van der Waals surface area contributed by atoms with Crippen LogP contribution in [0.2, 0.25) is 0 Å². The lowest BCUT2D eigenvalue weighted by atomic mass is 10.1. The van der Waals surface area contributed by atoms with Gasteiger partial charge in [-0.15, -0.1) is 0 Å². The van der Waals surface area contributed by atoms with Gasteiger partial charge in [0.1, 0.15) is 0 Å². The van der Waals surface area contributed by atoms with Crippen LogP contribution >= 0.6 is 27.3 Å². The summed E-state index contributed by atoms with van der Waals surface area (Å²) < 4.78 is 0. The summed E-state index contributed by atoms with van der Waals surface area (Å²) in [4.78, 5) is 3.24. The van der Waals surface area contributed by atoms with Crippen LogP contribution in [-0.2, 0) is 6.54 Å². The van der Waals surface area contributed by atoms with E-state index in [9.17, 15) is 0 Å². The zero-order chi connectivity index (χ0) is 9.10. The highest BCUT2D eigenvalue weighted by Crippen LogP contribution is 2.19. The van der Waals surface area contributed by atoms with Gasteiger partial charge in [0.2, 0.25) is 0 Å². The van der Waals surface area contributed by atoms with Gasteiger partial charge in [0.25, 0.3) is 0 Å². The Morgan fingerprint density at radius 3 is 3.23 bits per heavy atom. The fraction of sp³-hybridized carbons (Fsp3) is 0.600. The molecule has 0 aromatic carbocycles.